The van der Waals surface area contributed by atoms with Crippen molar-refractivity contribution in [2.24, 2.45) is 0 Å². The van der Waals surface area contributed by atoms with E-state index in [2.05, 4.69) is 0 Å². The van der Waals surface area contributed by atoms with Gasteiger partial charge in [0.15, 0.2) is 0 Å². The Morgan fingerprint density at radius 2 is 2.00 bits per heavy atom. The van der Waals surface area contributed by atoms with Gasteiger partial charge >= 0.3 is 0 Å². The highest BCUT2D eigenvalue weighted by atomic mass is 32.2. The van der Waals surface area contributed by atoms with Gasteiger partial charge in [-0.05, 0) is 50.8 Å². The zero-order chi connectivity index (χ0) is 15.8. The van der Waals surface area contributed by atoms with Crippen LogP contribution in [0.2, 0.25) is 0 Å². The third kappa shape index (κ3) is 3.36. The molecule has 1 fully saturated rings. The number of sulfonamides is 1. The van der Waals surface area contributed by atoms with Crippen molar-refractivity contribution in [1.82, 2.24) is 4.31 Å². The van der Waals surface area contributed by atoms with Crippen molar-refractivity contribution in [3.63, 3.8) is 0 Å². The fourth-order valence-corrected chi connectivity index (χ4v) is 4.29. The first-order valence-electron chi connectivity index (χ1n) is 6.92. The van der Waals surface area contributed by atoms with Crippen molar-refractivity contribution in [1.29, 1.82) is 0 Å². The minimum absolute atomic E-state index is 0.0305. The molecule has 0 radical (unpaired) electrons. The molecule has 1 aromatic rings. The Morgan fingerprint density at radius 3 is 2.67 bits per heavy atom. The number of hydrogen-bond donors (Lipinski definition) is 2. The molecule has 1 heterocycles. The van der Waals surface area contributed by atoms with E-state index in [1.165, 1.54) is 10.4 Å². The van der Waals surface area contributed by atoms with Gasteiger partial charge in [-0.3, -0.25) is 0 Å². The second-order valence-electron chi connectivity index (χ2n) is 5.89. The summed E-state index contributed by atoms with van der Waals surface area (Å²) < 4.78 is 40.1. The fraction of sp³-hybridized carbons (Fsp3) is 0.571. The average molecular weight is 316 g/mol. The predicted octanol–water partition coefficient (Wildman–Crippen LogP) is 1.64. The normalized spacial score (nSPS) is 24.8. The molecule has 1 aromatic carbocycles. The Bertz CT molecular complexity index is 644. The monoisotopic (exact) mass is 316 g/mol. The van der Waals surface area contributed by atoms with E-state index in [-0.39, 0.29) is 17.1 Å². The SMILES string of the molecule is Cc1cc(F)c(N)cc1S(=O)(=O)N1CCCC(C)(O)CC1. The maximum atomic E-state index is 13.4. The number of anilines is 1. The number of nitrogen functional groups attached to an aromatic ring is 1. The molecule has 1 atom stereocenters. The maximum Gasteiger partial charge on any atom is 0.243 e. The fourth-order valence-electron chi connectivity index (χ4n) is 2.56. The molecule has 1 unspecified atom stereocenters. The lowest BCUT2D eigenvalue weighted by Crippen LogP contribution is -2.34. The van der Waals surface area contributed by atoms with Gasteiger partial charge in [-0.1, -0.05) is 0 Å². The van der Waals surface area contributed by atoms with E-state index in [9.17, 15) is 17.9 Å². The van der Waals surface area contributed by atoms with Crippen LogP contribution in [0.4, 0.5) is 10.1 Å². The van der Waals surface area contributed by atoms with Crippen molar-refractivity contribution >= 4 is 15.7 Å². The van der Waals surface area contributed by atoms with Gasteiger partial charge in [-0.2, -0.15) is 4.31 Å². The summed E-state index contributed by atoms with van der Waals surface area (Å²) in [4.78, 5) is 0.0305. The number of aliphatic hydroxyl groups is 1. The van der Waals surface area contributed by atoms with E-state index in [0.717, 1.165) is 6.07 Å². The van der Waals surface area contributed by atoms with Crippen LogP contribution >= 0.6 is 0 Å². The van der Waals surface area contributed by atoms with E-state index in [1.54, 1.807) is 13.8 Å². The lowest BCUT2D eigenvalue weighted by molar-refractivity contribution is 0.0465. The second kappa shape index (κ2) is 5.55. The van der Waals surface area contributed by atoms with Gasteiger partial charge in [0.25, 0.3) is 0 Å². The molecule has 7 heteroatoms. The Hall–Kier alpha value is -1.18. The van der Waals surface area contributed by atoms with E-state index >= 15 is 0 Å². The van der Waals surface area contributed by atoms with Crippen LogP contribution in [0.1, 0.15) is 31.7 Å². The molecule has 0 aliphatic carbocycles. The first kappa shape index (κ1) is 16.2. The minimum Gasteiger partial charge on any atom is -0.396 e. The molecule has 1 aliphatic rings. The Kier molecular flexibility index (Phi) is 4.28. The summed E-state index contributed by atoms with van der Waals surface area (Å²) in [6, 6.07) is 2.30. The van der Waals surface area contributed by atoms with E-state index in [4.69, 9.17) is 5.73 Å². The first-order chi connectivity index (χ1) is 9.63. The summed E-state index contributed by atoms with van der Waals surface area (Å²) in [5.41, 5.74) is 4.80. The molecule has 0 aromatic heterocycles. The number of aryl methyl sites for hydroxylation is 1. The summed E-state index contributed by atoms with van der Waals surface area (Å²) in [6.07, 6.45) is 1.52. The summed E-state index contributed by atoms with van der Waals surface area (Å²) in [7, 11) is -3.73. The van der Waals surface area contributed by atoms with E-state index in [1.807, 2.05) is 0 Å². The van der Waals surface area contributed by atoms with E-state index < -0.39 is 21.4 Å². The molecule has 0 saturated carbocycles. The van der Waals surface area contributed by atoms with Crippen LogP contribution < -0.4 is 5.73 Å². The van der Waals surface area contributed by atoms with Gasteiger partial charge in [-0.25, -0.2) is 12.8 Å². The number of benzene rings is 1. The molecular weight excluding hydrogens is 295 g/mol. The smallest absolute Gasteiger partial charge is 0.243 e. The number of rotatable bonds is 2. The standard InChI is InChI=1S/C14H21FN2O3S/c1-10-8-11(15)12(16)9-13(10)21(19,20)17-6-3-4-14(2,18)5-7-17/h8-9,18H,3-7,16H2,1-2H3. The van der Waals surface area contributed by atoms with Crippen molar-refractivity contribution < 1.29 is 17.9 Å². The van der Waals surface area contributed by atoms with Gasteiger partial charge in [0.1, 0.15) is 5.82 Å². The molecule has 118 valence electrons. The highest BCUT2D eigenvalue weighted by Crippen LogP contribution is 2.28. The molecule has 21 heavy (non-hydrogen) atoms. The Morgan fingerprint density at radius 1 is 1.33 bits per heavy atom. The largest absolute Gasteiger partial charge is 0.396 e. The first-order valence-corrected chi connectivity index (χ1v) is 8.36. The predicted molar refractivity (Wildman–Crippen MR) is 78.8 cm³/mol. The Balaban J connectivity index is 2.36. The van der Waals surface area contributed by atoms with Crippen LogP contribution in [0.15, 0.2) is 17.0 Å². The van der Waals surface area contributed by atoms with Gasteiger partial charge in [-0.15, -0.1) is 0 Å². The van der Waals surface area contributed by atoms with Crippen molar-refractivity contribution in [3.8, 4) is 0 Å². The average Bonchev–Trinajstić information content (AvgIpc) is 2.55. The summed E-state index contributed by atoms with van der Waals surface area (Å²) in [5, 5.41) is 10.1. The molecule has 1 aliphatic heterocycles. The third-order valence-electron chi connectivity index (χ3n) is 3.93. The molecule has 3 N–H and O–H groups in total. The number of hydrogen-bond acceptors (Lipinski definition) is 4. The third-order valence-corrected chi connectivity index (χ3v) is 5.98. The van der Waals surface area contributed by atoms with Crippen LogP contribution in [0.3, 0.4) is 0 Å². The minimum atomic E-state index is -3.73. The molecule has 5 nitrogen and oxygen atoms in total. The summed E-state index contributed by atoms with van der Waals surface area (Å²) in [5.74, 6) is -0.620. The topological polar surface area (TPSA) is 83.6 Å². The lowest BCUT2D eigenvalue weighted by Gasteiger charge is -2.23. The Labute approximate surface area is 124 Å². The molecular formula is C14H21FN2O3S. The second-order valence-corrected chi connectivity index (χ2v) is 7.80. The molecule has 0 bridgehead atoms. The van der Waals surface area contributed by atoms with Crippen molar-refractivity contribution in [2.45, 2.75) is 43.6 Å². The maximum absolute atomic E-state index is 13.4. The van der Waals surface area contributed by atoms with Crippen LogP contribution in [-0.2, 0) is 10.0 Å². The summed E-state index contributed by atoms with van der Waals surface area (Å²) in [6.45, 7) is 3.84. The van der Waals surface area contributed by atoms with Crippen molar-refractivity contribution in [2.75, 3.05) is 18.8 Å². The van der Waals surface area contributed by atoms with Crippen LogP contribution in [0.25, 0.3) is 0 Å². The summed E-state index contributed by atoms with van der Waals surface area (Å²) >= 11 is 0. The van der Waals surface area contributed by atoms with Crippen LogP contribution in [0.5, 0.6) is 0 Å². The zero-order valence-electron chi connectivity index (χ0n) is 12.3. The van der Waals surface area contributed by atoms with Gasteiger partial charge in [0.2, 0.25) is 10.0 Å². The molecule has 0 amide bonds. The number of halogens is 1. The van der Waals surface area contributed by atoms with Gasteiger partial charge in [0, 0.05) is 13.1 Å². The van der Waals surface area contributed by atoms with E-state index in [0.29, 0.717) is 31.4 Å². The molecule has 2 rings (SSSR count). The van der Waals surface area contributed by atoms with Gasteiger partial charge < -0.3 is 10.8 Å². The van der Waals surface area contributed by atoms with Crippen molar-refractivity contribution in [3.05, 3.63) is 23.5 Å². The van der Waals surface area contributed by atoms with Crippen LogP contribution in [-0.4, -0.2) is 36.5 Å². The van der Waals surface area contributed by atoms with Gasteiger partial charge in [0.05, 0.1) is 16.2 Å². The zero-order valence-corrected chi connectivity index (χ0v) is 13.1. The number of nitrogens with zero attached hydrogens (tertiary/aromatic N) is 1. The lowest BCUT2D eigenvalue weighted by atomic mass is 9.98. The molecule has 0 spiro atoms. The quantitative estimate of drug-likeness (QED) is 0.813. The molecule has 1 saturated heterocycles. The van der Waals surface area contributed by atoms with Crippen LogP contribution in [0, 0.1) is 12.7 Å². The highest BCUT2D eigenvalue weighted by Gasteiger charge is 2.32. The highest BCUT2D eigenvalue weighted by molar-refractivity contribution is 7.89. The number of nitrogens with two attached hydrogens (primary N) is 1.